The molecule has 0 aliphatic heterocycles. The van der Waals surface area contributed by atoms with Crippen molar-refractivity contribution in [3.63, 3.8) is 0 Å². The molecule has 2 aromatic rings. The predicted octanol–water partition coefficient (Wildman–Crippen LogP) is 3.79. The third-order valence-corrected chi connectivity index (χ3v) is 6.79. The first-order chi connectivity index (χ1) is 13.2. The zero-order chi connectivity index (χ0) is 20.3. The van der Waals surface area contributed by atoms with Crippen molar-refractivity contribution in [3.05, 3.63) is 79.8 Å². The lowest BCUT2D eigenvalue weighted by Crippen LogP contribution is -2.63. The number of fused-ring (bicyclic) bond motifs is 1. The van der Waals surface area contributed by atoms with Gasteiger partial charge in [-0.25, -0.2) is 0 Å². The molecule has 4 rings (SSSR count). The van der Waals surface area contributed by atoms with Gasteiger partial charge in [0.15, 0.2) is 11.6 Å². The highest BCUT2D eigenvalue weighted by Gasteiger charge is 2.72. The Bertz CT molecular complexity index is 963. The van der Waals surface area contributed by atoms with Gasteiger partial charge in [0, 0.05) is 26.9 Å². The van der Waals surface area contributed by atoms with Crippen LogP contribution in [-0.2, 0) is 0 Å². The molecule has 0 radical (unpaired) electrons. The van der Waals surface area contributed by atoms with E-state index in [4.69, 9.17) is 0 Å². The fourth-order valence-electron chi connectivity index (χ4n) is 4.96. The summed E-state index contributed by atoms with van der Waals surface area (Å²) in [6.45, 7) is 1.46. The van der Waals surface area contributed by atoms with Crippen molar-refractivity contribution in [1.29, 1.82) is 0 Å². The minimum Gasteiger partial charge on any atom is -0.389 e. The van der Waals surface area contributed by atoms with Crippen molar-refractivity contribution < 1.29 is 19.6 Å². The van der Waals surface area contributed by atoms with Gasteiger partial charge in [-0.3, -0.25) is 19.7 Å². The first-order valence-electron chi connectivity index (χ1n) is 9.02. The van der Waals surface area contributed by atoms with Gasteiger partial charge >= 0.3 is 0 Å². The monoisotopic (exact) mass is 443 g/mol. The Morgan fingerprint density at radius 1 is 1.07 bits per heavy atom. The number of benzene rings is 2. The van der Waals surface area contributed by atoms with E-state index < -0.39 is 39.5 Å². The molecule has 1 N–H and O–H groups in total. The number of nitrogens with zero attached hydrogens (tertiary/aromatic N) is 1. The Balaban J connectivity index is 2.03. The van der Waals surface area contributed by atoms with E-state index in [1.165, 1.54) is 6.92 Å². The second-order valence-corrected chi connectivity index (χ2v) is 8.62. The maximum Gasteiger partial charge on any atom is 0.221 e. The third-order valence-electron chi connectivity index (χ3n) is 6.26. The van der Waals surface area contributed by atoms with E-state index in [0.29, 0.717) is 5.56 Å². The molecule has 6 nitrogen and oxygen atoms in total. The second kappa shape index (κ2) is 6.32. The fourth-order valence-corrected chi connectivity index (χ4v) is 5.23. The van der Waals surface area contributed by atoms with Crippen molar-refractivity contribution in [3.8, 4) is 0 Å². The van der Waals surface area contributed by atoms with Gasteiger partial charge in [-0.1, -0.05) is 52.3 Å². The molecule has 2 aliphatic rings. The molecule has 0 saturated heterocycles. The summed E-state index contributed by atoms with van der Waals surface area (Å²) in [5, 5.41) is 23.3. The second-order valence-electron chi connectivity index (χ2n) is 7.71. The lowest BCUT2D eigenvalue weighted by molar-refractivity contribution is -0.535. The van der Waals surface area contributed by atoms with Gasteiger partial charge < -0.3 is 5.11 Å². The summed E-state index contributed by atoms with van der Waals surface area (Å²) in [6, 6.07) is 12.1. The maximum atomic E-state index is 13.6. The standard InChI is InChI=1S/C21H18BrNO5/c1-20(26)11-10-16(23(27)28)17(12-6-8-13(22)9-7-12)21(20)18(24)14-4-2-3-5-15(14)19(21)25/h2-9,16-17,26H,10-11H2,1H3/t16-,17+,20+/m1/s1. The average Bonchev–Trinajstić information content (AvgIpc) is 2.88. The highest BCUT2D eigenvalue weighted by Crippen LogP contribution is 2.59. The van der Waals surface area contributed by atoms with E-state index in [0.717, 1.165) is 4.47 Å². The maximum absolute atomic E-state index is 13.6. The number of rotatable bonds is 2. The Morgan fingerprint density at radius 2 is 1.61 bits per heavy atom. The van der Waals surface area contributed by atoms with E-state index in [-0.39, 0.29) is 24.0 Å². The van der Waals surface area contributed by atoms with Gasteiger partial charge in [0.1, 0.15) is 5.41 Å². The Kier molecular flexibility index (Phi) is 4.28. The van der Waals surface area contributed by atoms with Crippen LogP contribution in [0.2, 0.25) is 0 Å². The lowest BCUT2D eigenvalue weighted by Gasteiger charge is -2.49. The largest absolute Gasteiger partial charge is 0.389 e. The van der Waals surface area contributed by atoms with Gasteiger partial charge in [0.25, 0.3) is 0 Å². The van der Waals surface area contributed by atoms with E-state index in [2.05, 4.69) is 15.9 Å². The number of nitro groups is 1. The topological polar surface area (TPSA) is 97.5 Å². The number of carbonyl (C=O) groups excluding carboxylic acids is 2. The van der Waals surface area contributed by atoms with Crippen LogP contribution in [0.1, 0.15) is 52.0 Å². The van der Waals surface area contributed by atoms with E-state index >= 15 is 0 Å². The van der Waals surface area contributed by atoms with Gasteiger partial charge in [0.2, 0.25) is 6.04 Å². The van der Waals surface area contributed by atoms with Crippen molar-refractivity contribution in [1.82, 2.24) is 0 Å². The van der Waals surface area contributed by atoms with Crippen LogP contribution in [0.4, 0.5) is 0 Å². The van der Waals surface area contributed by atoms with E-state index in [1.54, 1.807) is 48.5 Å². The molecular weight excluding hydrogens is 426 g/mol. The van der Waals surface area contributed by atoms with Crippen LogP contribution in [0.5, 0.6) is 0 Å². The van der Waals surface area contributed by atoms with Crippen LogP contribution in [-0.4, -0.2) is 33.2 Å². The lowest BCUT2D eigenvalue weighted by atomic mass is 9.52. The first-order valence-corrected chi connectivity index (χ1v) is 9.81. The van der Waals surface area contributed by atoms with Crippen molar-refractivity contribution in [2.24, 2.45) is 5.41 Å². The molecule has 1 fully saturated rings. The Morgan fingerprint density at radius 3 is 2.11 bits per heavy atom. The minimum atomic E-state index is -1.92. The molecule has 2 aromatic carbocycles. The normalized spacial score (nSPS) is 28.4. The highest BCUT2D eigenvalue weighted by atomic mass is 79.9. The summed E-state index contributed by atoms with van der Waals surface area (Å²) >= 11 is 3.34. The van der Waals surface area contributed by atoms with Gasteiger partial charge in [-0.15, -0.1) is 0 Å². The van der Waals surface area contributed by atoms with Crippen LogP contribution in [0.25, 0.3) is 0 Å². The molecule has 0 aromatic heterocycles. The van der Waals surface area contributed by atoms with Crippen molar-refractivity contribution in [2.75, 3.05) is 0 Å². The summed E-state index contributed by atoms with van der Waals surface area (Å²) in [4.78, 5) is 38.7. The molecule has 2 aliphatic carbocycles. The zero-order valence-corrected chi connectivity index (χ0v) is 16.7. The summed E-state index contributed by atoms with van der Waals surface area (Å²) in [6.07, 6.45) is 0.0799. The Labute approximate surface area is 169 Å². The molecule has 0 heterocycles. The number of carbonyl (C=O) groups is 2. The third kappa shape index (κ3) is 2.36. The summed E-state index contributed by atoms with van der Waals surface area (Å²) in [5.41, 5.74) is -2.68. The Hall–Kier alpha value is -2.38. The molecule has 0 bridgehead atoms. The van der Waals surface area contributed by atoms with Crippen LogP contribution in [0.3, 0.4) is 0 Å². The van der Waals surface area contributed by atoms with Gasteiger partial charge in [-0.05, 0) is 31.0 Å². The van der Waals surface area contributed by atoms with Crippen LogP contribution < -0.4 is 0 Å². The number of hydrogen-bond acceptors (Lipinski definition) is 5. The molecule has 1 spiro atoms. The van der Waals surface area contributed by atoms with Gasteiger partial charge in [0.05, 0.1) is 11.5 Å². The number of halogens is 1. The number of aliphatic hydroxyl groups is 1. The fraction of sp³-hybridized carbons (Fsp3) is 0.333. The number of hydrogen-bond donors (Lipinski definition) is 1. The first kappa shape index (κ1) is 19.0. The van der Waals surface area contributed by atoms with Crippen molar-refractivity contribution in [2.45, 2.75) is 37.3 Å². The number of Topliss-reactive ketones (excluding diaryl/α,β-unsaturated/α-hetero) is 2. The molecule has 0 amide bonds. The zero-order valence-electron chi connectivity index (χ0n) is 15.1. The molecule has 144 valence electrons. The summed E-state index contributed by atoms with van der Waals surface area (Å²) < 4.78 is 0.776. The smallest absolute Gasteiger partial charge is 0.221 e. The molecule has 0 unspecified atom stereocenters. The summed E-state index contributed by atoms with van der Waals surface area (Å²) in [7, 11) is 0. The molecule has 28 heavy (non-hydrogen) atoms. The average molecular weight is 444 g/mol. The molecule has 1 saturated carbocycles. The van der Waals surface area contributed by atoms with Crippen LogP contribution >= 0.6 is 15.9 Å². The minimum absolute atomic E-state index is 0.00283. The van der Waals surface area contributed by atoms with E-state index in [9.17, 15) is 24.8 Å². The SMILES string of the molecule is C[C@]1(O)CC[C@@H]([N+](=O)[O-])[C@H](c2ccc(Br)cc2)C12C(=O)c1ccccc1C2=O. The van der Waals surface area contributed by atoms with Crippen LogP contribution in [0, 0.1) is 15.5 Å². The summed E-state index contributed by atoms with van der Waals surface area (Å²) in [5.74, 6) is -2.12. The highest BCUT2D eigenvalue weighted by molar-refractivity contribution is 9.10. The molecule has 7 heteroatoms. The quantitative estimate of drug-likeness (QED) is 0.432. The van der Waals surface area contributed by atoms with Gasteiger partial charge in [-0.2, -0.15) is 0 Å². The number of ketones is 2. The molecule has 3 atom stereocenters. The van der Waals surface area contributed by atoms with E-state index in [1.807, 2.05) is 0 Å². The molecular formula is C21H18BrNO5. The predicted molar refractivity (Wildman–Crippen MR) is 105 cm³/mol. The van der Waals surface area contributed by atoms with Crippen LogP contribution in [0.15, 0.2) is 53.0 Å². The van der Waals surface area contributed by atoms with Crippen molar-refractivity contribution >= 4 is 27.5 Å².